The minimum absolute atomic E-state index is 0.0482. The van der Waals surface area contributed by atoms with E-state index in [2.05, 4.69) is 118 Å². The lowest BCUT2D eigenvalue weighted by atomic mass is 10.1. The highest BCUT2D eigenvalue weighted by Crippen LogP contribution is 2.36. The maximum absolute atomic E-state index is 12.0. The van der Waals surface area contributed by atoms with Gasteiger partial charge in [0.1, 0.15) is 46.5 Å². The second-order valence-electron chi connectivity index (χ2n) is 30.8. The lowest BCUT2D eigenvalue weighted by Crippen LogP contribution is -2.19. The van der Waals surface area contributed by atoms with Gasteiger partial charge in [0.15, 0.2) is 22.6 Å². The number of nitriles is 1. The largest absolute Gasteiger partial charge is 0.367 e. The maximum Gasteiger partial charge on any atom is 0.254 e. The Morgan fingerprint density at radius 3 is 1.19 bits per heavy atom. The molecule has 0 radical (unpaired) electrons. The van der Waals surface area contributed by atoms with Crippen molar-refractivity contribution in [1.82, 2.24) is 89.2 Å². The van der Waals surface area contributed by atoms with E-state index in [1.165, 1.54) is 0 Å². The SMILES string of the molecule is C#Cc1cccc(Nc2cc(NC3CC3)n3ncc(/C=C4\CC(=O)NC4=O)c3n2)c1.Cc1ccc(Cl)c(Nc2cc(NC3CC3)n3ncc(/C=C4\CC(=O)NC4=O)c3n2)c1.N#Cc1ccc(Nc2cc(NC3CC3)n3ncc(/C=C4\CC(=O)NC4=O)c3n2)cc1.O=C1C/C(=C\c2cnn3c(NC4CC4)cc(Nc4cccc(Cn5ccnc5)c4)nc23)C(=O)N1. The fourth-order valence-corrected chi connectivity index (χ4v) is 14.1. The fraction of sp³-hybridized carbons (Fsp3) is 0.205. The van der Waals surface area contributed by atoms with E-state index in [4.69, 9.17) is 38.2 Å². The molecule has 12 N–H and O–H groups in total. The third kappa shape index (κ3) is 18.6. The molecule has 4 saturated carbocycles. The molecule has 35 nitrogen and oxygen atoms in total. The van der Waals surface area contributed by atoms with Crippen LogP contribution in [0.5, 0.6) is 0 Å². The first kappa shape index (κ1) is 79.0. The Kier molecular flexibility index (Phi) is 21.6. The average Bonchev–Trinajstić information content (AvgIpc) is 1.63. The number of anilines is 12. The normalized spacial score (nSPS) is 17.2. The highest BCUT2D eigenvalue weighted by atomic mass is 35.5. The molecule has 4 aliphatic carbocycles. The molecular formula is C88H76ClN27O8. The number of fused-ring (bicyclic) bond motifs is 4. The molecule has 9 aromatic heterocycles. The second-order valence-corrected chi connectivity index (χ2v) is 31.3. The zero-order valence-corrected chi connectivity index (χ0v) is 67.0. The number of carbonyl (C=O) groups excluding carboxylic acids is 8. The number of carbonyl (C=O) groups is 8. The minimum Gasteiger partial charge on any atom is -0.367 e. The highest BCUT2D eigenvalue weighted by Gasteiger charge is 2.32. The van der Waals surface area contributed by atoms with Crippen molar-refractivity contribution in [3.63, 3.8) is 0 Å². The fourth-order valence-electron chi connectivity index (χ4n) is 13.9. The van der Waals surface area contributed by atoms with Crippen molar-refractivity contribution in [1.29, 1.82) is 5.26 Å². The summed E-state index contributed by atoms with van der Waals surface area (Å²) in [6, 6.07) is 39.8. The van der Waals surface area contributed by atoms with Gasteiger partial charge in [0.2, 0.25) is 23.6 Å². The summed E-state index contributed by atoms with van der Waals surface area (Å²) in [5.74, 6) is 5.57. The lowest BCUT2D eigenvalue weighted by Gasteiger charge is -2.13. The molecule has 124 heavy (non-hydrogen) atoms. The monoisotopic (exact) mass is 1670 g/mol. The van der Waals surface area contributed by atoms with E-state index in [0.29, 0.717) is 125 Å². The number of rotatable bonds is 22. The van der Waals surface area contributed by atoms with Gasteiger partial charge in [-0.3, -0.25) is 59.6 Å². The van der Waals surface area contributed by atoms with Gasteiger partial charge in [-0.15, -0.1) is 6.42 Å². The van der Waals surface area contributed by atoms with E-state index in [1.807, 2.05) is 109 Å². The lowest BCUT2D eigenvalue weighted by molar-refractivity contribution is -0.125. The van der Waals surface area contributed by atoms with E-state index in [9.17, 15) is 38.4 Å². The van der Waals surface area contributed by atoms with Crippen molar-refractivity contribution < 1.29 is 38.4 Å². The number of halogens is 1. The predicted molar refractivity (Wildman–Crippen MR) is 464 cm³/mol. The van der Waals surface area contributed by atoms with Crippen LogP contribution in [-0.4, -0.2) is 139 Å². The first-order valence-electron chi connectivity index (χ1n) is 40.0. The van der Waals surface area contributed by atoms with Crippen molar-refractivity contribution in [3.8, 4) is 18.4 Å². The van der Waals surface area contributed by atoms with Crippen molar-refractivity contribution in [2.45, 2.75) is 115 Å². The summed E-state index contributed by atoms with van der Waals surface area (Å²) >= 11 is 6.34. The maximum atomic E-state index is 12.0. The average molecular weight is 1680 g/mol. The van der Waals surface area contributed by atoms with Crippen LogP contribution in [0.25, 0.3) is 46.9 Å². The Morgan fingerprint density at radius 2 is 0.831 bits per heavy atom. The molecule has 13 heterocycles. The summed E-state index contributed by atoms with van der Waals surface area (Å²) in [5, 5.41) is 63.7. The predicted octanol–water partition coefficient (Wildman–Crippen LogP) is 11.0. The van der Waals surface area contributed by atoms with E-state index in [1.54, 1.807) is 91.8 Å². The number of aromatic nitrogens is 14. The number of benzene rings is 4. The van der Waals surface area contributed by atoms with Crippen LogP contribution in [0.4, 0.5) is 69.3 Å². The molecule has 0 atom stereocenters. The third-order valence-electron chi connectivity index (χ3n) is 20.7. The standard InChI is InChI=1S/C24H22N8O2.C22H18N6O2.C21H19ClN6O2.C21H17N7O2/c33-22-10-16(24(34)30-22)9-17-12-26-32-21(28-18-4-5-18)11-20(29-23(17)32)27-19-3-1-2-15(8-19)13-31-7-6-25-14-31;1-2-13-4-3-5-17(8-13)24-18-11-19(25-16-6-7-16)28-21(26-18)15(12-23-28)9-14-10-20(29)27-22(14)30;1-11-2-5-15(22)16(6-11)25-17-9-18(24-14-3-4-14)28-20(26-17)13(10-23-28)7-12-8-19(29)27-21(12)30;22-10-12-1-3-15(4-2-12)24-17-9-18(25-16-5-6-16)28-20(26-17)14(11-23-28)7-13-8-19(29)27-21(13)30/h1-3,6-9,11-12,14,18,28H,4-5,10,13H2,(H,27,29)(H,30,33,34);1,3-5,8-9,11-12,16,25H,6-7,10H2,(H,24,26)(H,27,29,30);2,5-7,9-10,14,24H,3-4,8H2,1H3,(H,25,26)(H,27,29,30);1-4,7,9,11,16,25H,5-6,8H2,(H,24,26)(H,27,29,30)/b16-9+;14-9+;12-7+;13-7+. The number of terminal acetylenes is 1. The summed E-state index contributed by atoms with van der Waals surface area (Å²) in [7, 11) is 0. The number of nitrogens with one attached hydrogen (secondary N) is 12. The van der Waals surface area contributed by atoms with E-state index >= 15 is 0 Å². The molecule has 0 bridgehead atoms. The zero-order valence-electron chi connectivity index (χ0n) is 66.3. The van der Waals surface area contributed by atoms with Gasteiger partial charge in [-0.2, -0.15) is 43.7 Å². The molecule has 36 heteroatoms. The number of hydrogen-bond acceptors (Lipinski definition) is 26. The van der Waals surface area contributed by atoms with Gasteiger partial charge in [-0.1, -0.05) is 41.8 Å². The van der Waals surface area contributed by atoms with E-state index in [0.717, 1.165) is 121 Å². The van der Waals surface area contributed by atoms with Crippen LogP contribution in [-0.2, 0) is 44.9 Å². The number of amides is 8. The molecule has 4 saturated heterocycles. The molecule has 4 aromatic carbocycles. The Bertz CT molecular complexity index is 6780. The van der Waals surface area contributed by atoms with Crippen molar-refractivity contribution in [3.05, 3.63) is 231 Å². The Labute approximate surface area is 710 Å². The summed E-state index contributed by atoms with van der Waals surface area (Å²) in [4.78, 5) is 117. The van der Waals surface area contributed by atoms with E-state index < -0.39 is 0 Å². The molecule has 21 rings (SSSR count). The molecule has 8 fully saturated rings. The zero-order chi connectivity index (χ0) is 85.2. The number of nitrogens with zero attached hydrogens (tertiary/aromatic N) is 15. The Balaban J connectivity index is 0.000000113. The van der Waals surface area contributed by atoms with Crippen molar-refractivity contribution >= 4 is 175 Å². The third-order valence-corrected chi connectivity index (χ3v) is 21.0. The molecule has 0 unspecified atom stereocenters. The Hall–Kier alpha value is -16.2. The molecule has 8 amide bonds. The summed E-state index contributed by atoms with van der Waals surface area (Å²) in [5.41, 5.74) is 13.4. The molecule has 8 aliphatic rings. The van der Waals surface area contributed by atoms with Gasteiger partial charge in [0, 0.05) is 135 Å². The van der Waals surface area contributed by atoms with Crippen LogP contribution < -0.4 is 63.8 Å². The topological polar surface area (TPSA) is 443 Å². The van der Waals surface area contributed by atoms with Gasteiger partial charge in [0.25, 0.3) is 23.6 Å². The van der Waals surface area contributed by atoms with Gasteiger partial charge in [-0.05, 0) is 160 Å². The molecular weight excluding hydrogens is 1600 g/mol. The van der Waals surface area contributed by atoms with Crippen LogP contribution in [0.3, 0.4) is 0 Å². The van der Waals surface area contributed by atoms with Crippen LogP contribution in [0, 0.1) is 30.6 Å². The molecule has 0 spiro atoms. The van der Waals surface area contributed by atoms with Gasteiger partial charge >= 0.3 is 0 Å². The first-order chi connectivity index (χ1) is 60.2. The minimum atomic E-state index is -0.387. The number of imide groups is 4. The highest BCUT2D eigenvalue weighted by molar-refractivity contribution is 6.33. The number of aryl methyl sites for hydroxylation is 1. The van der Waals surface area contributed by atoms with E-state index in [-0.39, 0.29) is 72.9 Å². The van der Waals surface area contributed by atoms with Gasteiger partial charge in [0.05, 0.1) is 79.1 Å². The van der Waals surface area contributed by atoms with Crippen molar-refractivity contribution in [2.24, 2.45) is 0 Å². The quantitative estimate of drug-likeness (QED) is 0.0170. The second kappa shape index (κ2) is 33.9. The smallest absolute Gasteiger partial charge is 0.254 e. The van der Waals surface area contributed by atoms with Gasteiger partial charge < -0.3 is 47.1 Å². The van der Waals surface area contributed by atoms with Crippen LogP contribution >= 0.6 is 11.6 Å². The summed E-state index contributed by atoms with van der Waals surface area (Å²) in [6.45, 7) is 2.71. The first-order valence-corrected chi connectivity index (χ1v) is 40.4. The number of imidazole rings is 1. The van der Waals surface area contributed by atoms with Gasteiger partial charge in [-0.25, -0.2) is 24.9 Å². The van der Waals surface area contributed by atoms with Crippen LogP contribution in [0.2, 0.25) is 5.02 Å². The van der Waals surface area contributed by atoms with Crippen molar-refractivity contribution in [2.75, 3.05) is 42.5 Å². The van der Waals surface area contributed by atoms with Crippen LogP contribution in [0.15, 0.2) is 181 Å². The van der Waals surface area contributed by atoms with Crippen LogP contribution in [0.1, 0.15) is 122 Å². The number of hydrogen-bond donors (Lipinski definition) is 12. The molecule has 4 aliphatic heterocycles. The molecule has 618 valence electrons. The summed E-state index contributed by atoms with van der Waals surface area (Å²) in [6.07, 6.45) is 33.3. The molecule has 13 aromatic rings. The Morgan fingerprint density at radius 1 is 0.452 bits per heavy atom. The summed E-state index contributed by atoms with van der Waals surface area (Å²) < 4.78 is 8.87.